The molecule has 2 saturated heterocycles. The fourth-order valence-corrected chi connectivity index (χ4v) is 4.10. The van der Waals surface area contributed by atoms with Gasteiger partial charge in [-0.05, 0) is 31.2 Å². The van der Waals surface area contributed by atoms with Gasteiger partial charge in [-0.1, -0.05) is 18.2 Å². The summed E-state index contributed by atoms with van der Waals surface area (Å²) in [4.78, 5) is 11.2. The maximum atomic E-state index is 6.24. The molecular weight excluding hydrogens is 352 g/mol. The van der Waals surface area contributed by atoms with Gasteiger partial charge in [0.05, 0.1) is 30.5 Å². The van der Waals surface area contributed by atoms with Gasteiger partial charge in [-0.15, -0.1) is 0 Å². The Bertz CT molecular complexity index is 949. The molecule has 4 heterocycles. The lowest BCUT2D eigenvalue weighted by molar-refractivity contribution is -0.00461. The zero-order valence-electron chi connectivity index (χ0n) is 15.9. The molecule has 0 saturated carbocycles. The molecule has 2 aliphatic rings. The third-order valence-electron chi connectivity index (χ3n) is 5.43. The van der Waals surface area contributed by atoms with Crippen LogP contribution in [0.1, 0.15) is 5.69 Å². The van der Waals surface area contributed by atoms with Crippen LogP contribution < -0.4 is 10.2 Å². The molecule has 3 aromatic rings. The lowest BCUT2D eigenvalue weighted by Crippen LogP contribution is -2.31. The van der Waals surface area contributed by atoms with Crippen LogP contribution in [0.25, 0.3) is 10.9 Å². The Morgan fingerprint density at radius 2 is 1.82 bits per heavy atom. The first-order chi connectivity index (χ1) is 13.8. The van der Waals surface area contributed by atoms with E-state index in [0.717, 1.165) is 30.0 Å². The molecule has 0 unspecified atom stereocenters. The smallest absolute Gasteiger partial charge is 0.103 e. The largest absolute Gasteiger partial charge is 0.376 e. The first-order valence-corrected chi connectivity index (χ1v) is 9.77. The van der Waals surface area contributed by atoms with Gasteiger partial charge < -0.3 is 19.7 Å². The van der Waals surface area contributed by atoms with Crippen molar-refractivity contribution in [2.45, 2.75) is 25.2 Å². The lowest BCUT2D eigenvalue weighted by atomic mass is 10.1. The van der Waals surface area contributed by atoms with Crippen molar-refractivity contribution in [1.82, 2.24) is 9.97 Å². The van der Waals surface area contributed by atoms with E-state index in [4.69, 9.17) is 9.47 Å². The Morgan fingerprint density at radius 3 is 2.57 bits per heavy atom. The van der Waals surface area contributed by atoms with E-state index in [1.807, 2.05) is 31.3 Å². The predicted octanol–water partition coefficient (Wildman–Crippen LogP) is 3.02. The van der Waals surface area contributed by atoms with Crippen molar-refractivity contribution in [2.75, 3.05) is 36.5 Å². The van der Waals surface area contributed by atoms with Crippen molar-refractivity contribution >= 4 is 22.3 Å². The number of benzene rings is 1. The molecule has 1 aromatic carbocycles. The SMILES string of the molecule is Cc1cc(N2C[C@@H]3OCC(Nc4cccnc4)CO[C@H]3C2)c2ccccc2n1. The number of para-hydroxylation sites is 1. The van der Waals surface area contributed by atoms with Crippen LogP contribution in [0, 0.1) is 6.92 Å². The number of rotatable bonds is 3. The zero-order chi connectivity index (χ0) is 18.9. The van der Waals surface area contributed by atoms with Gasteiger partial charge in [-0.3, -0.25) is 9.97 Å². The van der Waals surface area contributed by atoms with Crippen LogP contribution in [0.3, 0.4) is 0 Å². The average molecular weight is 376 g/mol. The number of ether oxygens (including phenoxy) is 2. The third kappa shape index (κ3) is 3.41. The molecule has 2 atom stereocenters. The van der Waals surface area contributed by atoms with E-state index in [0.29, 0.717) is 13.2 Å². The maximum absolute atomic E-state index is 6.24. The number of pyridine rings is 2. The molecule has 0 aliphatic carbocycles. The minimum absolute atomic E-state index is 0.0768. The van der Waals surface area contributed by atoms with Crippen LogP contribution in [0.5, 0.6) is 0 Å². The molecule has 0 spiro atoms. The first kappa shape index (κ1) is 17.4. The molecular formula is C22H24N4O2. The summed E-state index contributed by atoms with van der Waals surface area (Å²) in [5.74, 6) is 0. The second-order valence-corrected chi connectivity index (χ2v) is 7.53. The summed E-state index contributed by atoms with van der Waals surface area (Å²) < 4.78 is 12.5. The van der Waals surface area contributed by atoms with Crippen molar-refractivity contribution in [1.29, 1.82) is 0 Å². The van der Waals surface area contributed by atoms with Crippen molar-refractivity contribution in [3.8, 4) is 0 Å². The number of aromatic nitrogens is 2. The standard InChI is InChI=1S/C22H24N4O2/c1-15-9-20(18-6-2-3-7-19(18)24-15)26-11-21-22(12-26)28-14-17(13-27-21)25-16-5-4-8-23-10-16/h2-10,17,21-22,25H,11-14H2,1H3/t21-,22-/m0/s1. The molecule has 0 bridgehead atoms. The second kappa shape index (κ2) is 7.37. The molecule has 6 nitrogen and oxygen atoms in total. The molecule has 5 rings (SSSR count). The highest BCUT2D eigenvalue weighted by Gasteiger charge is 2.38. The van der Waals surface area contributed by atoms with Crippen LogP contribution >= 0.6 is 0 Å². The van der Waals surface area contributed by atoms with Crippen LogP contribution in [-0.4, -0.2) is 54.5 Å². The van der Waals surface area contributed by atoms with E-state index >= 15 is 0 Å². The van der Waals surface area contributed by atoms with Gasteiger partial charge in [0.15, 0.2) is 0 Å². The number of nitrogens with one attached hydrogen (secondary N) is 1. The first-order valence-electron chi connectivity index (χ1n) is 9.77. The van der Waals surface area contributed by atoms with Gasteiger partial charge in [-0.2, -0.15) is 0 Å². The molecule has 2 fully saturated rings. The Hall–Kier alpha value is -2.70. The average Bonchev–Trinajstić information content (AvgIpc) is 3.04. The number of fused-ring (bicyclic) bond motifs is 2. The Balaban J connectivity index is 1.30. The molecule has 144 valence electrons. The van der Waals surface area contributed by atoms with Crippen LogP contribution in [0.2, 0.25) is 0 Å². The van der Waals surface area contributed by atoms with Crippen molar-refractivity contribution in [3.63, 3.8) is 0 Å². The quantitative estimate of drug-likeness (QED) is 0.758. The summed E-state index contributed by atoms with van der Waals surface area (Å²) in [5.41, 5.74) is 4.27. The van der Waals surface area contributed by atoms with E-state index < -0.39 is 0 Å². The number of aryl methyl sites for hydroxylation is 1. The van der Waals surface area contributed by atoms with Crippen molar-refractivity contribution < 1.29 is 9.47 Å². The molecule has 2 aliphatic heterocycles. The van der Waals surface area contributed by atoms with E-state index in [1.54, 1.807) is 6.20 Å². The number of nitrogens with zero attached hydrogens (tertiary/aromatic N) is 3. The van der Waals surface area contributed by atoms with Crippen LogP contribution in [0.15, 0.2) is 54.9 Å². The van der Waals surface area contributed by atoms with Crippen molar-refractivity contribution in [2.24, 2.45) is 0 Å². The number of anilines is 2. The Kier molecular flexibility index (Phi) is 4.58. The summed E-state index contributed by atoms with van der Waals surface area (Å²) in [5, 5.41) is 4.63. The Morgan fingerprint density at radius 1 is 1.04 bits per heavy atom. The summed E-state index contributed by atoms with van der Waals surface area (Å²) in [6.45, 7) is 4.96. The number of hydrogen-bond donors (Lipinski definition) is 1. The monoisotopic (exact) mass is 376 g/mol. The van der Waals surface area contributed by atoms with E-state index in [2.05, 4.69) is 44.5 Å². The molecule has 1 N–H and O–H groups in total. The fraction of sp³-hybridized carbons (Fsp3) is 0.364. The minimum atomic E-state index is 0.0768. The van der Waals surface area contributed by atoms with Gasteiger partial charge in [-0.25, -0.2) is 0 Å². The highest BCUT2D eigenvalue weighted by molar-refractivity contribution is 5.92. The summed E-state index contributed by atoms with van der Waals surface area (Å²) in [6, 6.07) is 14.5. The van der Waals surface area contributed by atoms with Crippen molar-refractivity contribution in [3.05, 3.63) is 60.6 Å². The van der Waals surface area contributed by atoms with E-state index in [1.165, 1.54) is 11.1 Å². The highest BCUT2D eigenvalue weighted by Crippen LogP contribution is 2.31. The number of hydrogen-bond acceptors (Lipinski definition) is 6. The topological polar surface area (TPSA) is 59.5 Å². The highest BCUT2D eigenvalue weighted by atomic mass is 16.6. The van der Waals surface area contributed by atoms with Crippen LogP contribution in [-0.2, 0) is 9.47 Å². The fourth-order valence-electron chi connectivity index (χ4n) is 4.10. The van der Waals surface area contributed by atoms with Gasteiger partial charge in [0.2, 0.25) is 0 Å². The molecule has 2 aromatic heterocycles. The predicted molar refractivity (Wildman–Crippen MR) is 110 cm³/mol. The normalized spacial score (nSPS) is 22.8. The summed E-state index contributed by atoms with van der Waals surface area (Å²) >= 11 is 0. The molecule has 28 heavy (non-hydrogen) atoms. The van der Waals surface area contributed by atoms with Gasteiger partial charge in [0, 0.05) is 42.3 Å². The van der Waals surface area contributed by atoms with E-state index in [-0.39, 0.29) is 18.2 Å². The molecule has 6 heteroatoms. The summed E-state index contributed by atoms with van der Waals surface area (Å²) in [7, 11) is 0. The molecule has 0 radical (unpaired) electrons. The van der Waals surface area contributed by atoms with Gasteiger partial charge in [0.1, 0.15) is 12.2 Å². The van der Waals surface area contributed by atoms with Crippen LogP contribution in [0.4, 0.5) is 11.4 Å². The van der Waals surface area contributed by atoms with Gasteiger partial charge >= 0.3 is 0 Å². The Labute approximate surface area is 164 Å². The lowest BCUT2D eigenvalue weighted by Gasteiger charge is -2.22. The van der Waals surface area contributed by atoms with Gasteiger partial charge in [0.25, 0.3) is 0 Å². The minimum Gasteiger partial charge on any atom is -0.376 e. The maximum Gasteiger partial charge on any atom is 0.103 e. The molecule has 0 amide bonds. The van der Waals surface area contributed by atoms with E-state index in [9.17, 15) is 0 Å². The zero-order valence-corrected chi connectivity index (χ0v) is 15.9. The third-order valence-corrected chi connectivity index (χ3v) is 5.43. The summed E-state index contributed by atoms with van der Waals surface area (Å²) in [6.07, 6.45) is 3.75. The second-order valence-electron chi connectivity index (χ2n) is 7.53.